The average Bonchev–Trinajstić information content (AvgIpc) is 3.32. The van der Waals surface area contributed by atoms with Crippen LogP contribution in [-0.2, 0) is 0 Å². The molecule has 2 N–H and O–H groups in total. The number of carbonyl (C=O) groups excluding carboxylic acids is 2. The first-order valence-corrected chi connectivity index (χ1v) is 9.86. The Labute approximate surface area is 172 Å². The molecular formula is C20H22N6O2S. The number of hydrogen-bond donors (Lipinski definition) is 2. The molecule has 29 heavy (non-hydrogen) atoms. The molecule has 150 valence electrons. The van der Waals surface area contributed by atoms with Crippen LogP contribution >= 0.6 is 11.3 Å². The number of rotatable bonds is 4. The van der Waals surface area contributed by atoms with Crippen molar-refractivity contribution in [1.29, 1.82) is 5.26 Å². The summed E-state index contributed by atoms with van der Waals surface area (Å²) in [5.41, 5.74) is 1.88. The number of nitrogens with zero attached hydrogens (tertiary/aromatic N) is 4. The fourth-order valence-corrected chi connectivity index (χ4v) is 3.41. The number of nitrogens with one attached hydrogen (secondary N) is 2. The third kappa shape index (κ3) is 4.12. The number of carbonyl (C=O) groups is 2. The number of H-pyrrole nitrogens is 1. The lowest BCUT2D eigenvalue weighted by molar-refractivity contribution is 0.0861. The first-order chi connectivity index (χ1) is 13.6. The Morgan fingerprint density at radius 2 is 2.07 bits per heavy atom. The van der Waals surface area contributed by atoms with Gasteiger partial charge in [-0.2, -0.15) is 5.26 Å². The second kappa shape index (κ2) is 7.64. The van der Waals surface area contributed by atoms with Gasteiger partial charge in [-0.3, -0.25) is 9.59 Å². The van der Waals surface area contributed by atoms with E-state index in [2.05, 4.69) is 41.0 Å². The molecule has 0 spiro atoms. The summed E-state index contributed by atoms with van der Waals surface area (Å²) < 4.78 is 0. The molecule has 3 aromatic rings. The molecule has 0 aliphatic heterocycles. The highest BCUT2D eigenvalue weighted by atomic mass is 32.1. The summed E-state index contributed by atoms with van der Waals surface area (Å²) in [6.07, 6.45) is 4.98. The van der Waals surface area contributed by atoms with Gasteiger partial charge in [-0.25, -0.2) is 14.9 Å². The molecule has 3 heterocycles. The molecule has 0 bridgehead atoms. The third-order valence-corrected chi connectivity index (χ3v) is 5.89. The standard InChI is InChI=1S/C20H22N6O2S/c1-11(20(2,3)4)24-18(27)12-8-22-17-16(12)25-13(9-23-17)14-6-7-15(29-14)19(28)26(5)10-21/h6-9,11H,1-5H3,(H,22,23)(H,24,27)/t11-/m0/s1. The molecule has 0 saturated carbocycles. The molecular weight excluding hydrogens is 388 g/mol. The molecule has 9 heteroatoms. The van der Waals surface area contributed by atoms with Crippen molar-refractivity contribution in [3.8, 4) is 16.8 Å². The summed E-state index contributed by atoms with van der Waals surface area (Å²) in [4.78, 5) is 38.9. The molecule has 3 aromatic heterocycles. The summed E-state index contributed by atoms with van der Waals surface area (Å²) in [5, 5.41) is 11.9. The highest BCUT2D eigenvalue weighted by Crippen LogP contribution is 2.29. The molecule has 0 radical (unpaired) electrons. The molecule has 0 aliphatic rings. The molecule has 8 nitrogen and oxygen atoms in total. The van der Waals surface area contributed by atoms with Crippen LogP contribution in [0.4, 0.5) is 0 Å². The molecule has 0 saturated heterocycles. The van der Waals surface area contributed by atoms with E-state index in [9.17, 15) is 9.59 Å². The normalized spacial score (nSPS) is 12.4. The van der Waals surface area contributed by atoms with E-state index in [4.69, 9.17) is 5.26 Å². The van der Waals surface area contributed by atoms with Gasteiger partial charge in [0.1, 0.15) is 5.52 Å². The maximum Gasteiger partial charge on any atom is 0.276 e. The number of aromatic nitrogens is 3. The predicted octanol–water partition coefficient (Wildman–Crippen LogP) is 3.40. The van der Waals surface area contributed by atoms with Gasteiger partial charge in [0.15, 0.2) is 11.8 Å². The maximum atomic E-state index is 12.7. The van der Waals surface area contributed by atoms with Crippen molar-refractivity contribution < 1.29 is 9.59 Å². The van der Waals surface area contributed by atoms with Gasteiger partial charge in [0, 0.05) is 19.3 Å². The van der Waals surface area contributed by atoms with E-state index in [0.717, 1.165) is 9.78 Å². The van der Waals surface area contributed by atoms with Crippen molar-refractivity contribution in [3.63, 3.8) is 0 Å². The summed E-state index contributed by atoms with van der Waals surface area (Å²) in [6, 6.07) is 3.38. The average molecular weight is 411 g/mol. The van der Waals surface area contributed by atoms with Crippen LogP contribution in [-0.4, -0.2) is 44.8 Å². The summed E-state index contributed by atoms with van der Waals surface area (Å²) in [6.45, 7) is 8.14. The molecule has 2 amide bonds. The summed E-state index contributed by atoms with van der Waals surface area (Å²) in [7, 11) is 1.41. The van der Waals surface area contributed by atoms with Gasteiger partial charge >= 0.3 is 0 Å². The van der Waals surface area contributed by atoms with Crippen molar-refractivity contribution in [3.05, 3.63) is 35.0 Å². The Hall–Kier alpha value is -3.25. The van der Waals surface area contributed by atoms with E-state index in [-0.39, 0.29) is 23.3 Å². The highest BCUT2D eigenvalue weighted by molar-refractivity contribution is 7.17. The molecule has 1 atom stereocenters. The molecule has 0 fully saturated rings. The first kappa shape index (κ1) is 20.5. The number of nitriles is 1. The largest absolute Gasteiger partial charge is 0.349 e. The van der Waals surface area contributed by atoms with E-state index in [0.29, 0.717) is 27.3 Å². The molecule has 0 unspecified atom stereocenters. The van der Waals surface area contributed by atoms with Gasteiger partial charge in [0.05, 0.1) is 27.2 Å². The van der Waals surface area contributed by atoms with E-state index in [1.54, 1.807) is 30.7 Å². The van der Waals surface area contributed by atoms with Gasteiger partial charge in [-0.15, -0.1) is 11.3 Å². The molecule has 3 rings (SSSR count). The number of hydrogen-bond acceptors (Lipinski definition) is 6. The van der Waals surface area contributed by atoms with Crippen molar-refractivity contribution in [2.24, 2.45) is 5.41 Å². The minimum atomic E-state index is -0.379. The number of amides is 2. The monoisotopic (exact) mass is 410 g/mol. The second-order valence-corrected chi connectivity index (χ2v) is 8.93. The van der Waals surface area contributed by atoms with Gasteiger partial charge in [0.25, 0.3) is 11.8 Å². The zero-order chi connectivity index (χ0) is 21.3. The van der Waals surface area contributed by atoms with Gasteiger partial charge < -0.3 is 10.3 Å². The highest BCUT2D eigenvalue weighted by Gasteiger charge is 2.24. The van der Waals surface area contributed by atoms with Crippen LogP contribution in [0.2, 0.25) is 0 Å². The van der Waals surface area contributed by atoms with Crippen LogP contribution in [0.3, 0.4) is 0 Å². The summed E-state index contributed by atoms with van der Waals surface area (Å²) >= 11 is 1.22. The molecule has 0 aromatic carbocycles. The van der Waals surface area contributed by atoms with Gasteiger partial charge in [-0.05, 0) is 24.5 Å². The van der Waals surface area contributed by atoms with Crippen molar-refractivity contribution >= 4 is 34.3 Å². The predicted molar refractivity (Wildman–Crippen MR) is 111 cm³/mol. The Morgan fingerprint density at radius 1 is 1.34 bits per heavy atom. The zero-order valence-corrected chi connectivity index (χ0v) is 17.7. The fourth-order valence-electron chi connectivity index (χ4n) is 2.48. The lowest BCUT2D eigenvalue weighted by atomic mass is 9.88. The van der Waals surface area contributed by atoms with Crippen LogP contribution in [0.1, 0.15) is 47.7 Å². The topological polar surface area (TPSA) is 115 Å². The van der Waals surface area contributed by atoms with Crippen LogP contribution in [0.15, 0.2) is 24.5 Å². The Kier molecular flexibility index (Phi) is 5.40. The molecule has 0 aliphatic carbocycles. The Morgan fingerprint density at radius 3 is 2.72 bits per heavy atom. The van der Waals surface area contributed by atoms with Crippen LogP contribution in [0.5, 0.6) is 0 Å². The van der Waals surface area contributed by atoms with Gasteiger partial charge in [0.2, 0.25) is 0 Å². The van der Waals surface area contributed by atoms with Crippen molar-refractivity contribution in [2.45, 2.75) is 33.7 Å². The number of fused-ring (bicyclic) bond motifs is 1. The lowest BCUT2D eigenvalue weighted by Gasteiger charge is -2.27. The van der Waals surface area contributed by atoms with Crippen molar-refractivity contribution in [1.82, 2.24) is 25.2 Å². The fraction of sp³-hybridized carbons (Fsp3) is 0.350. The SMILES string of the molecule is C[C@H](NC(=O)c1c[nH]c2ncc(-c3ccc(C(=O)N(C)C#N)s3)nc12)C(C)(C)C. The minimum Gasteiger partial charge on any atom is -0.349 e. The Balaban J connectivity index is 1.92. The third-order valence-electron chi connectivity index (χ3n) is 4.80. The van der Waals surface area contributed by atoms with Gasteiger partial charge in [-0.1, -0.05) is 20.8 Å². The van der Waals surface area contributed by atoms with E-state index >= 15 is 0 Å². The lowest BCUT2D eigenvalue weighted by Crippen LogP contribution is -2.41. The zero-order valence-electron chi connectivity index (χ0n) is 16.9. The van der Waals surface area contributed by atoms with E-state index in [1.807, 2.05) is 6.92 Å². The number of thiophene rings is 1. The van der Waals surface area contributed by atoms with E-state index < -0.39 is 0 Å². The van der Waals surface area contributed by atoms with Crippen LogP contribution < -0.4 is 5.32 Å². The smallest absolute Gasteiger partial charge is 0.276 e. The maximum absolute atomic E-state index is 12.7. The first-order valence-electron chi connectivity index (χ1n) is 9.04. The van der Waals surface area contributed by atoms with Crippen LogP contribution in [0, 0.1) is 16.9 Å². The number of aromatic amines is 1. The minimum absolute atomic E-state index is 0.0286. The summed E-state index contributed by atoms with van der Waals surface area (Å²) in [5.74, 6) is -0.599. The van der Waals surface area contributed by atoms with E-state index in [1.165, 1.54) is 18.4 Å². The second-order valence-electron chi connectivity index (χ2n) is 7.84. The Bertz CT molecular complexity index is 1120. The van der Waals surface area contributed by atoms with Crippen LogP contribution in [0.25, 0.3) is 21.7 Å². The quantitative estimate of drug-likeness (QED) is 0.505. The van der Waals surface area contributed by atoms with Crippen molar-refractivity contribution in [2.75, 3.05) is 7.05 Å².